The summed E-state index contributed by atoms with van der Waals surface area (Å²) in [7, 11) is 2.31. The summed E-state index contributed by atoms with van der Waals surface area (Å²) in [6.45, 7) is 6.21. The van der Waals surface area contributed by atoms with Gasteiger partial charge in [-0.3, -0.25) is 0 Å². The van der Waals surface area contributed by atoms with Crippen LogP contribution in [0.25, 0.3) is 0 Å². The first-order valence-corrected chi connectivity index (χ1v) is 7.65. The maximum Gasteiger partial charge on any atom is 0.0190 e. The van der Waals surface area contributed by atoms with Gasteiger partial charge in [-0.2, -0.15) is 0 Å². The number of benzene rings is 1. The highest BCUT2D eigenvalue weighted by molar-refractivity contribution is 5.18. The third-order valence-corrected chi connectivity index (χ3v) is 5.56. The van der Waals surface area contributed by atoms with Crippen molar-refractivity contribution in [2.75, 3.05) is 26.7 Å². The molecule has 3 unspecified atom stereocenters. The van der Waals surface area contributed by atoms with Crippen LogP contribution in [-0.2, 0) is 6.42 Å². The number of hydrogen-bond acceptors (Lipinski definition) is 2. The lowest BCUT2D eigenvalue weighted by Gasteiger charge is -2.39. The van der Waals surface area contributed by atoms with Crippen molar-refractivity contribution in [3.8, 4) is 0 Å². The number of hydrogen-bond donors (Lipinski definition) is 1. The minimum absolute atomic E-state index is 0.480. The number of likely N-dealkylation sites (N-methyl/N-ethyl adjacent to an activating group) is 1. The minimum atomic E-state index is 0.480. The quantitative estimate of drug-likeness (QED) is 0.896. The van der Waals surface area contributed by atoms with Crippen LogP contribution < -0.4 is 5.32 Å². The first kappa shape index (κ1) is 13.1. The van der Waals surface area contributed by atoms with Gasteiger partial charge < -0.3 is 10.2 Å². The molecule has 1 aromatic rings. The Balaban J connectivity index is 1.80. The summed E-state index contributed by atoms with van der Waals surface area (Å²) in [6, 6.07) is 11.7. The highest BCUT2D eigenvalue weighted by Gasteiger charge is 2.47. The van der Waals surface area contributed by atoms with Crippen LogP contribution in [0.5, 0.6) is 0 Å². The second kappa shape index (κ2) is 5.26. The Hall–Kier alpha value is -0.860. The molecule has 0 radical (unpaired) electrons. The Morgan fingerprint density at radius 2 is 2.11 bits per heavy atom. The number of rotatable bonds is 3. The molecule has 2 fully saturated rings. The maximum absolute atomic E-state index is 3.56. The van der Waals surface area contributed by atoms with Crippen molar-refractivity contribution in [3.05, 3.63) is 35.9 Å². The molecule has 1 N–H and O–H groups in total. The van der Waals surface area contributed by atoms with E-state index in [4.69, 9.17) is 0 Å². The van der Waals surface area contributed by atoms with Crippen LogP contribution in [0.1, 0.15) is 25.3 Å². The standard InChI is InChI=1S/C17H26N2/c1-17(15-8-10-18-13-15)9-11-19(2)16(17)12-14-6-4-3-5-7-14/h3-7,15-16,18H,8-13H2,1-2H3. The third-order valence-electron chi connectivity index (χ3n) is 5.56. The maximum atomic E-state index is 3.56. The number of likely N-dealkylation sites (tertiary alicyclic amines) is 1. The van der Waals surface area contributed by atoms with Gasteiger partial charge in [0.15, 0.2) is 0 Å². The lowest BCUT2D eigenvalue weighted by molar-refractivity contribution is 0.126. The Labute approximate surface area is 117 Å². The van der Waals surface area contributed by atoms with Crippen molar-refractivity contribution < 1.29 is 0 Å². The molecule has 0 bridgehead atoms. The largest absolute Gasteiger partial charge is 0.316 e. The van der Waals surface area contributed by atoms with Gasteiger partial charge in [0.1, 0.15) is 0 Å². The molecule has 2 nitrogen and oxygen atoms in total. The van der Waals surface area contributed by atoms with Crippen molar-refractivity contribution in [1.82, 2.24) is 10.2 Å². The second-order valence-electron chi connectivity index (χ2n) is 6.63. The number of nitrogens with one attached hydrogen (secondary N) is 1. The van der Waals surface area contributed by atoms with Gasteiger partial charge in [-0.25, -0.2) is 0 Å². The summed E-state index contributed by atoms with van der Waals surface area (Å²) in [5.74, 6) is 0.853. The van der Waals surface area contributed by atoms with Gasteiger partial charge in [-0.05, 0) is 62.8 Å². The van der Waals surface area contributed by atoms with E-state index < -0.39 is 0 Å². The van der Waals surface area contributed by atoms with E-state index in [1.54, 1.807) is 0 Å². The van der Waals surface area contributed by atoms with Crippen LogP contribution in [0, 0.1) is 11.3 Å². The molecule has 0 saturated carbocycles. The fraction of sp³-hybridized carbons (Fsp3) is 0.647. The molecule has 0 spiro atoms. The zero-order valence-electron chi connectivity index (χ0n) is 12.2. The van der Waals surface area contributed by atoms with E-state index in [9.17, 15) is 0 Å². The topological polar surface area (TPSA) is 15.3 Å². The highest BCUT2D eigenvalue weighted by Crippen LogP contribution is 2.45. The number of nitrogens with zero attached hydrogens (tertiary/aromatic N) is 1. The first-order valence-electron chi connectivity index (χ1n) is 7.65. The van der Waals surface area contributed by atoms with Crippen LogP contribution in [0.3, 0.4) is 0 Å². The van der Waals surface area contributed by atoms with Crippen molar-refractivity contribution in [2.45, 2.75) is 32.2 Å². The van der Waals surface area contributed by atoms with Gasteiger partial charge in [0.05, 0.1) is 0 Å². The molecular formula is C17H26N2. The average Bonchev–Trinajstić information content (AvgIpc) is 3.05. The van der Waals surface area contributed by atoms with E-state index in [-0.39, 0.29) is 0 Å². The molecule has 2 heterocycles. The van der Waals surface area contributed by atoms with Crippen molar-refractivity contribution in [1.29, 1.82) is 0 Å². The van der Waals surface area contributed by atoms with E-state index in [1.807, 2.05) is 0 Å². The SMILES string of the molecule is CN1CCC(C)(C2CCNC2)C1Cc1ccccc1. The Morgan fingerprint density at radius 3 is 2.79 bits per heavy atom. The van der Waals surface area contributed by atoms with E-state index in [0.29, 0.717) is 11.5 Å². The van der Waals surface area contributed by atoms with E-state index in [0.717, 1.165) is 5.92 Å². The predicted octanol–water partition coefficient (Wildman–Crippen LogP) is 2.55. The molecule has 104 valence electrons. The van der Waals surface area contributed by atoms with Crippen molar-refractivity contribution in [2.24, 2.45) is 11.3 Å². The molecule has 2 saturated heterocycles. The molecule has 1 aromatic carbocycles. The summed E-state index contributed by atoms with van der Waals surface area (Å²) in [5.41, 5.74) is 1.96. The average molecular weight is 258 g/mol. The fourth-order valence-electron chi connectivity index (χ4n) is 4.16. The predicted molar refractivity (Wildman–Crippen MR) is 80.3 cm³/mol. The second-order valence-corrected chi connectivity index (χ2v) is 6.63. The summed E-state index contributed by atoms with van der Waals surface area (Å²) in [6.07, 6.45) is 3.91. The zero-order chi connectivity index (χ0) is 13.3. The summed E-state index contributed by atoms with van der Waals surface area (Å²) >= 11 is 0. The summed E-state index contributed by atoms with van der Waals surface area (Å²) in [4.78, 5) is 2.59. The smallest absolute Gasteiger partial charge is 0.0190 e. The lowest BCUT2D eigenvalue weighted by Crippen LogP contribution is -2.43. The van der Waals surface area contributed by atoms with Gasteiger partial charge in [-0.15, -0.1) is 0 Å². The minimum Gasteiger partial charge on any atom is -0.316 e. The molecule has 0 aromatic heterocycles. The molecule has 0 amide bonds. The van der Waals surface area contributed by atoms with E-state index in [1.165, 1.54) is 44.5 Å². The van der Waals surface area contributed by atoms with Crippen LogP contribution in [-0.4, -0.2) is 37.6 Å². The van der Waals surface area contributed by atoms with Crippen molar-refractivity contribution in [3.63, 3.8) is 0 Å². The molecule has 3 rings (SSSR count). The molecular weight excluding hydrogens is 232 g/mol. The summed E-state index contributed by atoms with van der Waals surface area (Å²) in [5, 5.41) is 3.56. The van der Waals surface area contributed by atoms with Crippen LogP contribution in [0.4, 0.5) is 0 Å². The zero-order valence-corrected chi connectivity index (χ0v) is 12.2. The Morgan fingerprint density at radius 1 is 1.32 bits per heavy atom. The Kier molecular flexibility index (Phi) is 3.64. The normalized spacial score (nSPS) is 35.9. The van der Waals surface area contributed by atoms with Gasteiger partial charge in [0, 0.05) is 6.04 Å². The van der Waals surface area contributed by atoms with Crippen LogP contribution in [0.15, 0.2) is 30.3 Å². The fourth-order valence-corrected chi connectivity index (χ4v) is 4.16. The van der Waals surface area contributed by atoms with Gasteiger partial charge in [0.25, 0.3) is 0 Å². The molecule has 0 aliphatic carbocycles. The van der Waals surface area contributed by atoms with Crippen LogP contribution in [0.2, 0.25) is 0 Å². The third kappa shape index (κ3) is 2.44. The first-order chi connectivity index (χ1) is 9.20. The van der Waals surface area contributed by atoms with Crippen molar-refractivity contribution >= 4 is 0 Å². The lowest BCUT2D eigenvalue weighted by atomic mass is 9.69. The van der Waals surface area contributed by atoms with Crippen LogP contribution >= 0.6 is 0 Å². The molecule has 2 aliphatic rings. The Bertz CT molecular complexity index is 411. The monoisotopic (exact) mass is 258 g/mol. The molecule has 3 atom stereocenters. The summed E-state index contributed by atoms with van der Waals surface area (Å²) < 4.78 is 0. The molecule has 2 heteroatoms. The molecule has 2 aliphatic heterocycles. The highest BCUT2D eigenvalue weighted by atomic mass is 15.2. The molecule has 19 heavy (non-hydrogen) atoms. The van der Waals surface area contributed by atoms with E-state index >= 15 is 0 Å². The van der Waals surface area contributed by atoms with Gasteiger partial charge >= 0.3 is 0 Å². The van der Waals surface area contributed by atoms with Gasteiger partial charge in [0.2, 0.25) is 0 Å². The van der Waals surface area contributed by atoms with E-state index in [2.05, 4.69) is 54.5 Å². The van der Waals surface area contributed by atoms with Gasteiger partial charge in [-0.1, -0.05) is 37.3 Å².